The first-order valence-electron chi connectivity index (χ1n) is 8.66. The van der Waals surface area contributed by atoms with Crippen LogP contribution in [0.15, 0.2) is 48.5 Å². The lowest BCUT2D eigenvalue weighted by atomic mass is 9.79. The Balaban J connectivity index is 1.68. The predicted molar refractivity (Wildman–Crippen MR) is 96.3 cm³/mol. The summed E-state index contributed by atoms with van der Waals surface area (Å²) in [4.78, 5) is 7.91. The van der Waals surface area contributed by atoms with Gasteiger partial charge in [-0.15, -0.1) is 0 Å². The van der Waals surface area contributed by atoms with Crippen molar-refractivity contribution in [1.29, 1.82) is 0 Å². The molecule has 0 radical (unpaired) electrons. The molecule has 2 aromatic carbocycles. The van der Waals surface area contributed by atoms with Crippen molar-refractivity contribution in [3.63, 3.8) is 0 Å². The molecule has 0 saturated heterocycles. The average Bonchev–Trinajstić information content (AvgIpc) is 2.66. The van der Waals surface area contributed by atoms with Crippen LogP contribution in [0.5, 0.6) is 0 Å². The van der Waals surface area contributed by atoms with E-state index in [1.54, 1.807) is 18.2 Å². The molecule has 0 aliphatic heterocycles. The van der Waals surface area contributed by atoms with Crippen LogP contribution in [0, 0.1) is 0 Å². The number of anilines is 1. The van der Waals surface area contributed by atoms with Crippen LogP contribution in [0.1, 0.15) is 36.2 Å². The first-order valence-corrected chi connectivity index (χ1v) is 8.66. The number of para-hydroxylation sites is 1. The van der Waals surface area contributed by atoms with Crippen molar-refractivity contribution >= 4 is 16.7 Å². The summed E-state index contributed by atoms with van der Waals surface area (Å²) in [5, 5.41) is 14.9. The Kier molecular flexibility index (Phi) is 4.28. The van der Waals surface area contributed by atoms with Gasteiger partial charge in [0.25, 0.3) is 6.43 Å². The molecule has 2 N–H and O–H groups in total. The lowest BCUT2D eigenvalue weighted by molar-refractivity contribution is 0.0322. The molecule has 1 unspecified atom stereocenters. The van der Waals surface area contributed by atoms with Gasteiger partial charge < -0.3 is 10.4 Å². The number of aryl methyl sites for hydroxylation is 1. The molecule has 4 rings (SSSR count). The highest BCUT2D eigenvalue weighted by Gasteiger charge is 2.34. The van der Waals surface area contributed by atoms with Crippen molar-refractivity contribution in [2.75, 3.05) is 11.9 Å². The van der Waals surface area contributed by atoms with Gasteiger partial charge in [-0.05, 0) is 42.5 Å². The Morgan fingerprint density at radius 1 is 1.08 bits per heavy atom. The Morgan fingerprint density at radius 2 is 1.85 bits per heavy atom. The van der Waals surface area contributed by atoms with E-state index in [1.165, 1.54) is 0 Å². The van der Waals surface area contributed by atoms with Crippen LogP contribution in [0.3, 0.4) is 0 Å². The fourth-order valence-electron chi connectivity index (χ4n) is 3.64. The first kappa shape index (κ1) is 16.8. The molecule has 1 heterocycles. The molecule has 1 aliphatic carbocycles. The number of aliphatic hydroxyl groups is 1. The van der Waals surface area contributed by atoms with Gasteiger partial charge in [-0.3, -0.25) is 0 Å². The van der Waals surface area contributed by atoms with Gasteiger partial charge in [-0.25, -0.2) is 18.7 Å². The van der Waals surface area contributed by atoms with E-state index in [0.29, 0.717) is 23.1 Å². The van der Waals surface area contributed by atoms with Gasteiger partial charge in [0.1, 0.15) is 11.4 Å². The SMILES string of the molecule is OC1(CNc2nc(C(F)F)nc3ccccc23)CCCc2ccccc21. The van der Waals surface area contributed by atoms with Crippen LogP contribution in [0.25, 0.3) is 10.9 Å². The molecule has 1 atom stereocenters. The summed E-state index contributed by atoms with van der Waals surface area (Å²) in [6.45, 7) is 0.202. The maximum atomic E-state index is 13.1. The number of benzene rings is 2. The fourth-order valence-corrected chi connectivity index (χ4v) is 3.64. The zero-order valence-corrected chi connectivity index (χ0v) is 14.1. The molecule has 1 aliphatic rings. The summed E-state index contributed by atoms with van der Waals surface area (Å²) in [7, 11) is 0. The Labute approximate surface area is 149 Å². The molecule has 0 fully saturated rings. The monoisotopic (exact) mass is 355 g/mol. The summed E-state index contributed by atoms with van der Waals surface area (Å²) in [5.74, 6) is -0.190. The van der Waals surface area contributed by atoms with Gasteiger partial charge in [0.2, 0.25) is 0 Å². The first-order chi connectivity index (χ1) is 12.6. The molecule has 134 valence electrons. The van der Waals surface area contributed by atoms with Crippen molar-refractivity contribution in [3.8, 4) is 0 Å². The van der Waals surface area contributed by atoms with E-state index in [4.69, 9.17) is 0 Å². The molecule has 6 heteroatoms. The number of rotatable bonds is 4. The molecular formula is C20H19F2N3O. The average molecular weight is 355 g/mol. The number of hydrogen-bond donors (Lipinski definition) is 2. The molecule has 0 spiro atoms. The zero-order valence-electron chi connectivity index (χ0n) is 14.1. The summed E-state index contributed by atoms with van der Waals surface area (Å²) in [5.41, 5.74) is 1.43. The highest BCUT2D eigenvalue weighted by atomic mass is 19.3. The molecule has 26 heavy (non-hydrogen) atoms. The number of halogens is 2. The number of fused-ring (bicyclic) bond motifs is 2. The molecule has 0 saturated carbocycles. The minimum Gasteiger partial charge on any atom is -0.383 e. The summed E-state index contributed by atoms with van der Waals surface area (Å²) in [6.07, 6.45) is -0.326. The molecular weight excluding hydrogens is 336 g/mol. The van der Waals surface area contributed by atoms with Crippen LogP contribution >= 0.6 is 0 Å². The molecule has 1 aromatic heterocycles. The highest BCUT2D eigenvalue weighted by Crippen LogP contribution is 2.36. The lowest BCUT2D eigenvalue weighted by Crippen LogP contribution is -2.37. The second-order valence-electron chi connectivity index (χ2n) is 6.64. The number of aromatic nitrogens is 2. The smallest absolute Gasteiger partial charge is 0.297 e. The van der Waals surface area contributed by atoms with Crippen molar-refractivity contribution < 1.29 is 13.9 Å². The van der Waals surface area contributed by atoms with Gasteiger partial charge in [0, 0.05) is 11.9 Å². The van der Waals surface area contributed by atoms with Gasteiger partial charge in [-0.2, -0.15) is 0 Å². The molecule has 0 amide bonds. The number of alkyl halides is 2. The minimum atomic E-state index is -2.75. The van der Waals surface area contributed by atoms with Gasteiger partial charge in [-0.1, -0.05) is 36.4 Å². The third-order valence-corrected chi connectivity index (χ3v) is 4.92. The van der Waals surface area contributed by atoms with Crippen molar-refractivity contribution in [2.24, 2.45) is 0 Å². The second-order valence-corrected chi connectivity index (χ2v) is 6.64. The van der Waals surface area contributed by atoms with Crippen LogP contribution in [0.4, 0.5) is 14.6 Å². The van der Waals surface area contributed by atoms with Crippen molar-refractivity contribution in [2.45, 2.75) is 31.3 Å². The highest BCUT2D eigenvalue weighted by molar-refractivity contribution is 5.89. The van der Waals surface area contributed by atoms with E-state index in [9.17, 15) is 13.9 Å². The summed E-state index contributed by atoms with van der Waals surface area (Å²) in [6, 6.07) is 14.8. The van der Waals surface area contributed by atoms with E-state index in [0.717, 1.165) is 24.0 Å². The predicted octanol–water partition coefficient (Wildman–Crippen LogP) is 4.20. The third-order valence-electron chi connectivity index (χ3n) is 4.92. The van der Waals surface area contributed by atoms with E-state index in [2.05, 4.69) is 15.3 Å². The van der Waals surface area contributed by atoms with Crippen molar-refractivity contribution in [1.82, 2.24) is 9.97 Å². The van der Waals surface area contributed by atoms with E-state index < -0.39 is 17.9 Å². The normalized spacial score (nSPS) is 19.5. The molecule has 3 aromatic rings. The van der Waals surface area contributed by atoms with Gasteiger partial charge in [0.05, 0.1) is 5.52 Å². The Morgan fingerprint density at radius 3 is 2.69 bits per heavy atom. The second kappa shape index (κ2) is 6.61. The number of hydrogen-bond acceptors (Lipinski definition) is 4. The Bertz CT molecular complexity index is 947. The molecule has 0 bridgehead atoms. The fraction of sp³-hybridized carbons (Fsp3) is 0.300. The zero-order chi connectivity index (χ0) is 18.1. The van der Waals surface area contributed by atoms with E-state index in [-0.39, 0.29) is 6.54 Å². The summed E-state index contributed by atoms with van der Waals surface area (Å²) < 4.78 is 26.3. The number of nitrogens with one attached hydrogen (secondary N) is 1. The van der Waals surface area contributed by atoms with Gasteiger partial charge in [0.15, 0.2) is 5.82 Å². The topological polar surface area (TPSA) is 58.0 Å². The van der Waals surface area contributed by atoms with Crippen LogP contribution < -0.4 is 5.32 Å². The quantitative estimate of drug-likeness (QED) is 0.736. The van der Waals surface area contributed by atoms with Crippen molar-refractivity contribution in [3.05, 3.63) is 65.5 Å². The Hall–Kier alpha value is -2.60. The van der Waals surface area contributed by atoms with Crippen LogP contribution in [-0.2, 0) is 12.0 Å². The standard InChI is InChI=1S/C20H19F2N3O/c21-17(22)19-24-16-10-4-2-8-14(16)18(25-19)23-12-20(26)11-5-7-13-6-1-3-9-15(13)20/h1-4,6,8-10,17,26H,5,7,11-12H2,(H,23,24,25). The lowest BCUT2D eigenvalue weighted by Gasteiger charge is -2.35. The summed E-state index contributed by atoms with van der Waals surface area (Å²) >= 11 is 0. The van der Waals surface area contributed by atoms with E-state index in [1.807, 2.05) is 30.3 Å². The largest absolute Gasteiger partial charge is 0.383 e. The number of nitrogens with zero attached hydrogens (tertiary/aromatic N) is 2. The van der Waals surface area contributed by atoms with Crippen LogP contribution in [-0.4, -0.2) is 21.6 Å². The maximum Gasteiger partial charge on any atom is 0.297 e. The molecule has 4 nitrogen and oxygen atoms in total. The van der Waals surface area contributed by atoms with Crippen LogP contribution in [0.2, 0.25) is 0 Å². The minimum absolute atomic E-state index is 0.202. The van der Waals surface area contributed by atoms with E-state index >= 15 is 0 Å². The maximum absolute atomic E-state index is 13.1. The van der Waals surface area contributed by atoms with Gasteiger partial charge >= 0.3 is 0 Å². The third kappa shape index (κ3) is 3.01.